The van der Waals surface area contributed by atoms with E-state index in [0.717, 1.165) is 103 Å². The summed E-state index contributed by atoms with van der Waals surface area (Å²) in [4.78, 5) is 72.3. The largest absolute Gasteiger partial charge is 0.472 e. The quantitative estimate of drug-likeness (QED) is 0.0222. The van der Waals surface area contributed by atoms with Crippen molar-refractivity contribution >= 4 is 39.5 Å². The predicted molar refractivity (Wildman–Crippen MR) is 349 cm³/mol. The van der Waals surface area contributed by atoms with Gasteiger partial charge in [0.05, 0.1) is 26.4 Å². The zero-order valence-electron chi connectivity index (χ0n) is 56.0. The smallest absolute Gasteiger partial charge is 0.462 e. The highest BCUT2D eigenvalue weighted by Crippen LogP contribution is 2.45. The Labute approximate surface area is 530 Å². The Hall–Kier alpha value is -1.94. The van der Waals surface area contributed by atoms with Crippen molar-refractivity contribution in [1.29, 1.82) is 0 Å². The van der Waals surface area contributed by atoms with Crippen LogP contribution in [-0.2, 0) is 65.4 Å². The summed E-state index contributed by atoms with van der Waals surface area (Å²) in [6.45, 7) is 4.88. The number of ether oxygens (including phenoxy) is 4. The van der Waals surface area contributed by atoms with E-state index in [4.69, 9.17) is 37.0 Å². The number of carbonyl (C=O) groups excluding carboxylic acids is 4. The van der Waals surface area contributed by atoms with E-state index in [1.54, 1.807) is 0 Å². The van der Waals surface area contributed by atoms with Crippen molar-refractivity contribution in [3.05, 3.63) is 0 Å². The van der Waals surface area contributed by atoms with Gasteiger partial charge >= 0.3 is 39.5 Å². The summed E-state index contributed by atoms with van der Waals surface area (Å²) in [6.07, 6.45) is 50.0. The Morgan fingerprint density at radius 1 is 0.276 bits per heavy atom. The number of hydrogen-bond acceptors (Lipinski definition) is 15. The molecule has 0 aromatic carbocycles. The molecule has 0 aliphatic rings. The molecule has 0 amide bonds. The lowest BCUT2D eigenvalue weighted by molar-refractivity contribution is -0.161. The first-order valence-electron chi connectivity index (χ1n) is 35.8. The molecule has 0 aliphatic heterocycles. The van der Waals surface area contributed by atoms with Gasteiger partial charge in [0.25, 0.3) is 0 Å². The van der Waals surface area contributed by atoms with Crippen LogP contribution in [0, 0.1) is 0 Å². The van der Waals surface area contributed by atoms with E-state index in [2.05, 4.69) is 27.7 Å². The third-order valence-corrected chi connectivity index (χ3v) is 17.8. The summed E-state index contributed by atoms with van der Waals surface area (Å²) in [5, 5.41) is 10.6. The minimum atomic E-state index is -4.95. The van der Waals surface area contributed by atoms with Crippen molar-refractivity contribution in [2.45, 2.75) is 373 Å². The number of carbonyl (C=O) groups is 4. The van der Waals surface area contributed by atoms with Crippen LogP contribution in [0.5, 0.6) is 0 Å². The van der Waals surface area contributed by atoms with Gasteiger partial charge < -0.3 is 33.8 Å². The summed E-state index contributed by atoms with van der Waals surface area (Å²) in [7, 11) is -9.89. The Bertz CT molecular complexity index is 1670. The zero-order chi connectivity index (χ0) is 64.0. The van der Waals surface area contributed by atoms with E-state index in [1.807, 2.05) is 0 Å². The molecule has 0 rings (SSSR count). The summed E-state index contributed by atoms with van der Waals surface area (Å²) in [5.74, 6) is -2.13. The van der Waals surface area contributed by atoms with E-state index < -0.39 is 97.5 Å². The maximum atomic E-state index is 13.0. The van der Waals surface area contributed by atoms with E-state index in [-0.39, 0.29) is 25.7 Å². The van der Waals surface area contributed by atoms with E-state index in [1.165, 1.54) is 173 Å². The zero-order valence-corrected chi connectivity index (χ0v) is 57.8. The van der Waals surface area contributed by atoms with Gasteiger partial charge in [0.1, 0.15) is 19.3 Å². The minimum absolute atomic E-state index is 0.107. The van der Waals surface area contributed by atoms with Gasteiger partial charge in [0.2, 0.25) is 0 Å². The molecule has 5 atom stereocenters. The van der Waals surface area contributed by atoms with Gasteiger partial charge in [-0.05, 0) is 25.7 Å². The number of aliphatic hydroxyl groups excluding tert-OH is 1. The lowest BCUT2D eigenvalue weighted by Crippen LogP contribution is -2.30. The van der Waals surface area contributed by atoms with Gasteiger partial charge in [-0.3, -0.25) is 37.3 Å². The third-order valence-electron chi connectivity index (χ3n) is 15.9. The van der Waals surface area contributed by atoms with Gasteiger partial charge in [-0.15, -0.1) is 0 Å². The number of aliphatic hydroxyl groups is 1. The molecule has 0 radical (unpaired) electrons. The number of phosphoric acid groups is 2. The van der Waals surface area contributed by atoms with Crippen LogP contribution >= 0.6 is 15.6 Å². The SMILES string of the molecule is CCCCCCCCCCCCCCCCCCCCC(=O)O[C@H](COC(=O)CCCCCCCCCCCCC)COP(=O)(O)OC[C@@H](O)COP(=O)(O)OC[C@@H](COC(=O)CCCCCCCCC)OC(=O)CCCCCCCCCCCCC. The predicted octanol–water partition coefficient (Wildman–Crippen LogP) is 19.5. The number of unbranched alkanes of at least 4 members (excludes halogenated alkanes) is 43. The van der Waals surface area contributed by atoms with Gasteiger partial charge in [-0.25, -0.2) is 9.13 Å². The van der Waals surface area contributed by atoms with Crippen LogP contribution in [0.3, 0.4) is 0 Å². The molecule has 0 spiro atoms. The fraction of sp³-hybridized carbons (Fsp3) is 0.941. The van der Waals surface area contributed by atoms with Crippen molar-refractivity contribution in [3.8, 4) is 0 Å². The van der Waals surface area contributed by atoms with Gasteiger partial charge in [-0.1, -0.05) is 304 Å². The Balaban J connectivity index is 5.17. The Kier molecular flexibility index (Phi) is 61.4. The normalized spacial score (nSPS) is 14.1. The van der Waals surface area contributed by atoms with Crippen LogP contribution in [0.15, 0.2) is 0 Å². The number of esters is 4. The van der Waals surface area contributed by atoms with Crippen molar-refractivity contribution in [2.75, 3.05) is 39.6 Å². The molecule has 0 saturated carbocycles. The fourth-order valence-electron chi connectivity index (χ4n) is 10.3. The first-order chi connectivity index (χ1) is 42.2. The molecule has 0 aliphatic carbocycles. The molecular weight excluding hydrogens is 1150 g/mol. The molecule has 0 aromatic heterocycles. The summed E-state index contributed by atoms with van der Waals surface area (Å²) in [5.41, 5.74) is 0. The molecule has 0 saturated heterocycles. The molecule has 2 unspecified atom stereocenters. The van der Waals surface area contributed by atoms with Gasteiger partial charge in [-0.2, -0.15) is 0 Å². The first kappa shape index (κ1) is 85.1. The second-order valence-corrected chi connectivity index (χ2v) is 27.5. The summed E-state index contributed by atoms with van der Waals surface area (Å²) >= 11 is 0. The lowest BCUT2D eigenvalue weighted by Gasteiger charge is -2.21. The van der Waals surface area contributed by atoms with Crippen molar-refractivity contribution < 1.29 is 80.2 Å². The van der Waals surface area contributed by atoms with Crippen molar-refractivity contribution in [3.63, 3.8) is 0 Å². The van der Waals surface area contributed by atoms with Crippen LogP contribution in [0.1, 0.15) is 355 Å². The Morgan fingerprint density at radius 2 is 0.460 bits per heavy atom. The maximum absolute atomic E-state index is 13.0. The molecule has 0 aromatic rings. The second kappa shape index (κ2) is 62.8. The Morgan fingerprint density at radius 3 is 0.678 bits per heavy atom. The topological polar surface area (TPSA) is 237 Å². The monoisotopic (exact) mass is 1280 g/mol. The average Bonchev–Trinajstić information content (AvgIpc) is 3.69. The second-order valence-electron chi connectivity index (χ2n) is 24.6. The van der Waals surface area contributed by atoms with Crippen LogP contribution in [0.4, 0.5) is 0 Å². The molecule has 0 fully saturated rings. The molecule has 19 heteroatoms. The molecule has 3 N–H and O–H groups in total. The first-order valence-corrected chi connectivity index (χ1v) is 38.8. The van der Waals surface area contributed by atoms with E-state index >= 15 is 0 Å². The molecule has 0 bridgehead atoms. The standard InChI is InChI=1S/C68H132O17P2/c1-5-9-13-17-21-24-27-28-29-30-31-32-33-36-39-43-47-51-55-68(73)85-64(59-79-66(71)53-49-45-41-37-34-25-22-18-14-10-6-2)61-83-87(76,77)81-57-62(69)56-80-86(74,75)82-60-63(58-78-65(70)52-48-44-40-20-16-12-8-4)84-67(72)54-50-46-42-38-35-26-23-19-15-11-7-3/h62-64,69H,5-61H2,1-4H3,(H,74,75)(H,76,77)/t62-,63+,64+/m0/s1. The van der Waals surface area contributed by atoms with E-state index in [9.17, 15) is 43.2 Å². The van der Waals surface area contributed by atoms with Crippen molar-refractivity contribution in [1.82, 2.24) is 0 Å². The maximum Gasteiger partial charge on any atom is 0.472 e. The molecule has 17 nitrogen and oxygen atoms in total. The fourth-order valence-corrected chi connectivity index (χ4v) is 11.9. The highest BCUT2D eigenvalue weighted by molar-refractivity contribution is 7.47. The van der Waals surface area contributed by atoms with Gasteiger partial charge in [0, 0.05) is 25.7 Å². The van der Waals surface area contributed by atoms with Gasteiger partial charge in [0.15, 0.2) is 12.2 Å². The lowest BCUT2D eigenvalue weighted by atomic mass is 10.0. The van der Waals surface area contributed by atoms with Crippen LogP contribution in [-0.4, -0.2) is 96.7 Å². The average molecular weight is 1280 g/mol. The van der Waals surface area contributed by atoms with Crippen LogP contribution in [0.2, 0.25) is 0 Å². The minimum Gasteiger partial charge on any atom is -0.462 e. The van der Waals surface area contributed by atoms with Crippen LogP contribution in [0.25, 0.3) is 0 Å². The number of phosphoric ester groups is 2. The van der Waals surface area contributed by atoms with Crippen LogP contribution < -0.4 is 0 Å². The molecule has 0 heterocycles. The molecule has 87 heavy (non-hydrogen) atoms. The number of hydrogen-bond donors (Lipinski definition) is 3. The summed E-state index contributed by atoms with van der Waals surface area (Å²) < 4.78 is 68.1. The molecule has 516 valence electrons. The third kappa shape index (κ3) is 62.6. The van der Waals surface area contributed by atoms with E-state index in [0.29, 0.717) is 25.7 Å². The van der Waals surface area contributed by atoms with Crippen molar-refractivity contribution in [2.24, 2.45) is 0 Å². The highest BCUT2D eigenvalue weighted by Gasteiger charge is 2.30. The molecular formula is C68H132O17P2. The number of rotatable bonds is 69. The summed E-state index contributed by atoms with van der Waals surface area (Å²) in [6, 6.07) is 0. The highest BCUT2D eigenvalue weighted by atomic mass is 31.2.